The number of hydrogen-bond donors (Lipinski definition) is 1. The monoisotopic (exact) mass is 261 g/mol. The lowest BCUT2D eigenvalue weighted by Gasteiger charge is -2.01. The topological polar surface area (TPSA) is 68.9 Å². The van der Waals surface area contributed by atoms with E-state index in [0.717, 1.165) is 21.3 Å². The Morgan fingerprint density at radius 2 is 2.22 bits per heavy atom. The molecule has 0 atom stereocenters. The predicted octanol–water partition coefficient (Wildman–Crippen LogP) is 2.04. The van der Waals surface area contributed by atoms with Gasteiger partial charge in [0.25, 0.3) is 0 Å². The number of aryl methyl sites for hydroxylation is 2. The van der Waals surface area contributed by atoms with Crippen LogP contribution in [0.2, 0.25) is 0 Å². The number of pyridine rings is 1. The molecule has 2 heterocycles. The van der Waals surface area contributed by atoms with E-state index in [1.807, 2.05) is 13.8 Å². The van der Waals surface area contributed by atoms with Crippen LogP contribution in [0, 0.1) is 13.8 Å². The third-order valence-electron chi connectivity index (χ3n) is 2.73. The van der Waals surface area contributed by atoms with Crippen LogP contribution in [0.25, 0.3) is 0 Å². The Balaban J connectivity index is 2.16. The summed E-state index contributed by atoms with van der Waals surface area (Å²) in [5.74, 6) is 0.0563. The molecule has 4 nitrogen and oxygen atoms in total. The van der Waals surface area contributed by atoms with Gasteiger partial charge in [-0.1, -0.05) is 0 Å². The molecule has 0 aliphatic carbocycles. The van der Waals surface area contributed by atoms with Gasteiger partial charge in [0.05, 0.1) is 17.8 Å². The Hall–Kier alpha value is -1.59. The number of ketones is 1. The van der Waals surface area contributed by atoms with Gasteiger partial charge in [-0.3, -0.25) is 9.78 Å². The first-order valence-corrected chi connectivity index (χ1v) is 6.53. The summed E-state index contributed by atoms with van der Waals surface area (Å²) in [7, 11) is 0. The molecule has 0 saturated heterocycles. The van der Waals surface area contributed by atoms with Crippen LogP contribution < -0.4 is 5.73 Å². The molecule has 0 saturated carbocycles. The van der Waals surface area contributed by atoms with Crippen molar-refractivity contribution in [2.75, 3.05) is 0 Å². The van der Waals surface area contributed by atoms with Crippen LogP contribution in [0.5, 0.6) is 0 Å². The van der Waals surface area contributed by atoms with Gasteiger partial charge in [-0.05, 0) is 26.0 Å². The van der Waals surface area contributed by atoms with E-state index in [0.29, 0.717) is 18.5 Å². The van der Waals surface area contributed by atoms with Crippen LogP contribution in [0.4, 0.5) is 0 Å². The second-order valence-electron chi connectivity index (χ2n) is 4.09. The SMILES string of the molecule is Cc1nc(CC(=O)c2ccnc(CN)c2)sc1C. The molecule has 18 heavy (non-hydrogen) atoms. The van der Waals surface area contributed by atoms with E-state index in [-0.39, 0.29) is 5.78 Å². The lowest BCUT2D eigenvalue weighted by molar-refractivity contribution is 0.0992. The van der Waals surface area contributed by atoms with Gasteiger partial charge >= 0.3 is 0 Å². The Morgan fingerprint density at radius 1 is 1.44 bits per heavy atom. The first kappa shape index (κ1) is 12.9. The minimum atomic E-state index is 0.0563. The Labute approximate surface area is 110 Å². The van der Waals surface area contributed by atoms with Crippen molar-refractivity contribution in [2.24, 2.45) is 5.73 Å². The van der Waals surface area contributed by atoms with E-state index < -0.39 is 0 Å². The van der Waals surface area contributed by atoms with Gasteiger partial charge in [0.1, 0.15) is 5.01 Å². The van der Waals surface area contributed by atoms with Crippen LogP contribution in [-0.4, -0.2) is 15.8 Å². The molecule has 0 radical (unpaired) electrons. The highest BCUT2D eigenvalue weighted by Crippen LogP contribution is 2.18. The van der Waals surface area contributed by atoms with E-state index in [1.54, 1.807) is 29.7 Å². The van der Waals surface area contributed by atoms with Gasteiger partial charge in [-0.2, -0.15) is 0 Å². The quantitative estimate of drug-likeness (QED) is 0.855. The molecule has 0 aliphatic rings. The fraction of sp³-hybridized carbons (Fsp3) is 0.308. The van der Waals surface area contributed by atoms with Gasteiger partial charge in [0.2, 0.25) is 0 Å². The van der Waals surface area contributed by atoms with Crippen molar-refractivity contribution < 1.29 is 4.79 Å². The second-order valence-corrected chi connectivity index (χ2v) is 5.38. The molecule has 0 fully saturated rings. The Kier molecular flexibility index (Phi) is 3.84. The molecule has 0 aromatic carbocycles. The number of aromatic nitrogens is 2. The number of carbonyl (C=O) groups excluding carboxylic acids is 1. The molecule has 2 aromatic rings. The fourth-order valence-electron chi connectivity index (χ4n) is 1.62. The van der Waals surface area contributed by atoms with Gasteiger partial charge in [-0.15, -0.1) is 11.3 Å². The average Bonchev–Trinajstić information content (AvgIpc) is 2.68. The van der Waals surface area contributed by atoms with E-state index >= 15 is 0 Å². The summed E-state index contributed by atoms with van der Waals surface area (Å²) in [5.41, 5.74) is 7.89. The summed E-state index contributed by atoms with van der Waals surface area (Å²) in [6, 6.07) is 3.46. The van der Waals surface area contributed by atoms with Gasteiger partial charge in [-0.25, -0.2) is 4.98 Å². The van der Waals surface area contributed by atoms with Gasteiger partial charge < -0.3 is 5.73 Å². The van der Waals surface area contributed by atoms with E-state index in [2.05, 4.69) is 9.97 Å². The zero-order valence-corrected chi connectivity index (χ0v) is 11.3. The van der Waals surface area contributed by atoms with Crippen molar-refractivity contribution in [3.05, 3.63) is 45.2 Å². The molecule has 2 aromatic heterocycles. The number of rotatable bonds is 4. The molecule has 0 aliphatic heterocycles. The maximum atomic E-state index is 12.1. The first-order chi connectivity index (χ1) is 8.60. The van der Waals surface area contributed by atoms with Crippen molar-refractivity contribution in [3.8, 4) is 0 Å². The first-order valence-electron chi connectivity index (χ1n) is 5.71. The summed E-state index contributed by atoms with van der Waals surface area (Å²) in [6.07, 6.45) is 1.96. The zero-order chi connectivity index (χ0) is 13.1. The number of nitrogens with zero attached hydrogens (tertiary/aromatic N) is 2. The number of nitrogens with two attached hydrogens (primary N) is 1. The molecule has 0 bridgehead atoms. The summed E-state index contributed by atoms with van der Waals surface area (Å²) in [6.45, 7) is 4.31. The van der Waals surface area contributed by atoms with Crippen LogP contribution in [0.3, 0.4) is 0 Å². The molecule has 2 rings (SSSR count). The fourth-order valence-corrected chi connectivity index (χ4v) is 2.55. The van der Waals surface area contributed by atoms with E-state index in [1.165, 1.54) is 0 Å². The molecular formula is C13H15N3OS. The third kappa shape index (κ3) is 2.80. The summed E-state index contributed by atoms with van der Waals surface area (Å²) >= 11 is 1.58. The van der Waals surface area contributed by atoms with E-state index in [4.69, 9.17) is 5.73 Å². The normalized spacial score (nSPS) is 10.6. The Morgan fingerprint density at radius 3 is 2.83 bits per heavy atom. The van der Waals surface area contributed by atoms with Crippen LogP contribution >= 0.6 is 11.3 Å². The van der Waals surface area contributed by atoms with Crippen molar-refractivity contribution in [2.45, 2.75) is 26.8 Å². The summed E-state index contributed by atoms with van der Waals surface area (Å²) in [5, 5.41) is 0.862. The zero-order valence-electron chi connectivity index (χ0n) is 10.4. The summed E-state index contributed by atoms with van der Waals surface area (Å²) in [4.78, 5) is 21.7. The van der Waals surface area contributed by atoms with Crippen molar-refractivity contribution in [1.29, 1.82) is 0 Å². The lowest BCUT2D eigenvalue weighted by atomic mass is 10.1. The highest BCUT2D eigenvalue weighted by atomic mass is 32.1. The molecule has 0 spiro atoms. The molecule has 2 N–H and O–H groups in total. The number of carbonyl (C=O) groups is 1. The average molecular weight is 261 g/mol. The minimum absolute atomic E-state index is 0.0563. The molecule has 5 heteroatoms. The molecular weight excluding hydrogens is 246 g/mol. The van der Waals surface area contributed by atoms with Gasteiger partial charge in [0, 0.05) is 23.2 Å². The maximum absolute atomic E-state index is 12.1. The number of hydrogen-bond acceptors (Lipinski definition) is 5. The highest BCUT2D eigenvalue weighted by Gasteiger charge is 2.11. The summed E-state index contributed by atoms with van der Waals surface area (Å²) < 4.78 is 0. The maximum Gasteiger partial charge on any atom is 0.169 e. The second kappa shape index (κ2) is 5.37. The van der Waals surface area contributed by atoms with Crippen molar-refractivity contribution >= 4 is 17.1 Å². The van der Waals surface area contributed by atoms with Gasteiger partial charge in [0.15, 0.2) is 5.78 Å². The molecule has 94 valence electrons. The van der Waals surface area contributed by atoms with Crippen molar-refractivity contribution in [3.63, 3.8) is 0 Å². The Bertz CT molecular complexity index is 558. The minimum Gasteiger partial charge on any atom is -0.325 e. The molecule has 0 unspecified atom stereocenters. The lowest BCUT2D eigenvalue weighted by Crippen LogP contribution is -2.06. The highest BCUT2D eigenvalue weighted by molar-refractivity contribution is 7.11. The van der Waals surface area contributed by atoms with Crippen molar-refractivity contribution in [1.82, 2.24) is 9.97 Å². The van der Waals surface area contributed by atoms with Crippen LogP contribution in [0.1, 0.15) is 31.6 Å². The largest absolute Gasteiger partial charge is 0.325 e. The third-order valence-corrected chi connectivity index (χ3v) is 3.81. The van der Waals surface area contributed by atoms with E-state index in [9.17, 15) is 4.79 Å². The van der Waals surface area contributed by atoms with Crippen LogP contribution in [-0.2, 0) is 13.0 Å². The predicted molar refractivity (Wildman–Crippen MR) is 71.8 cm³/mol. The number of Topliss-reactive ketones (excluding diaryl/α,β-unsaturated/α-hetero) is 1. The number of thiazole rings is 1. The molecule has 0 amide bonds. The standard InChI is InChI=1S/C13H15N3OS/c1-8-9(2)18-13(16-8)6-12(17)10-3-4-15-11(5-10)7-14/h3-5H,6-7,14H2,1-2H3. The van der Waals surface area contributed by atoms with Crippen LogP contribution in [0.15, 0.2) is 18.3 Å². The smallest absolute Gasteiger partial charge is 0.169 e.